The van der Waals surface area contributed by atoms with E-state index >= 15 is 0 Å². The fraction of sp³-hybridized carbons (Fsp3) is 0.350. The molecular formula is C20H25ClN2O2. The first kappa shape index (κ1) is 19.1. The standard InChI is InChI=1S/C20H25ClN2O2/c1-3-4-5-6-13-25-19-12-7-16(14-20(19)24-2)15-22-23-18-10-8-17(21)9-11-18/h7-12,14-15,23H,3-6,13H2,1-2H3/b22-15+. The van der Waals surface area contributed by atoms with E-state index in [-0.39, 0.29) is 0 Å². The van der Waals surface area contributed by atoms with E-state index in [9.17, 15) is 0 Å². The summed E-state index contributed by atoms with van der Waals surface area (Å²) in [6, 6.07) is 13.2. The largest absolute Gasteiger partial charge is 0.493 e. The molecule has 5 heteroatoms. The molecule has 0 saturated carbocycles. The average molecular weight is 361 g/mol. The number of nitrogens with zero attached hydrogens (tertiary/aromatic N) is 1. The van der Waals surface area contributed by atoms with E-state index in [1.54, 1.807) is 13.3 Å². The number of methoxy groups -OCH3 is 1. The zero-order valence-electron chi connectivity index (χ0n) is 14.8. The molecule has 25 heavy (non-hydrogen) atoms. The van der Waals surface area contributed by atoms with Crippen molar-refractivity contribution >= 4 is 23.5 Å². The fourth-order valence-corrected chi connectivity index (χ4v) is 2.43. The Morgan fingerprint density at radius 3 is 2.56 bits per heavy atom. The van der Waals surface area contributed by atoms with Crippen molar-refractivity contribution in [3.63, 3.8) is 0 Å². The molecule has 0 spiro atoms. The van der Waals surface area contributed by atoms with Crippen LogP contribution in [0.15, 0.2) is 47.6 Å². The Bertz CT molecular complexity index is 672. The molecule has 0 saturated heterocycles. The maximum atomic E-state index is 5.86. The van der Waals surface area contributed by atoms with Gasteiger partial charge in [0.1, 0.15) is 0 Å². The molecule has 0 aliphatic heterocycles. The van der Waals surface area contributed by atoms with Gasteiger partial charge in [0, 0.05) is 5.02 Å². The summed E-state index contributed by atoms with van der Waals surface area (Å²) in [5, 5.41) is 4.93. The third-order valence-corrected chi connectivity index (χ3v) is 3.95. The summed E-state index contributed by atoms with van der Waals surface area (Å²) in [5.41, 5.74) is 4.77. The predicted octanol–water partition coefficient (Wildman–Crippen LogP) is 5.75. The second-order valence-corrected chi connectivity index (χ2v) is 6.13. The molecule has 0 aliphatic carbocycles. The van der Waals surface area contributed by atoms with E-state index in [1.807, 2.05) is 42.5 Å². The Hall–Kier alpha value is -2.20. The van der Waals surface area contributed by atoms with Gasteiger partial charge < -0.3 is 9.47 Å². The summed E-state index contributed by atoms with van der Waals surface area (Å²) in [5.74, 6) is 1.48. The van der Waals surface area contributed by atoms with E-state index in [2.05, 4.69) is 17.5 Å². The number of hydrogen-bond donors (Lipinski definition) is 1. The maximum absolute atomic E-state index is 5.86. The van der Waals surface area contributed by atoms with Crippen molar-refractivity contribution in [2.75, 3.05) is 19.1 Å². The summed E-state index contributed by atoms with van der Waals surface area (Å²) >= 11 is 5.86. The number of benzene rings is 2. The smallest absolute Gasteiger partial charge is 0.161 e. The van der Waals surface area contributed by atoms with Crippen molar-refractivity contribution in [1.82, 2.24) is 0 Å². The van der Waals surface area contributed by atoms with Crippen LogP contribution in [0.2, 0.25) is 5.02 Å². The first-order valence-corrected chi connectivity index (χ1v) is 8.96. The van der Waals surface area contributed by atoms with Crippen molar-refractivity contribution in [3.8, 4) is 11.5 Å². The first-order chi connectivity index (χ1) is 12.2. The van der Waals surface area contributed by atoms with Crippen LogP contribution in [0.25, 0.3) is 0 Å². The number of nitrogens with one attached hydrogen (secondary N) is 1. The van der Waals surface area contributed by atoms with Crippen LogP contribution in [0.1, 0.15) is 38.2 Å². The van der Waals surface area contributed by atoms with Crippen LogP contribution in [0.4, 0.5) is 5.69 Å². The lowest BCUT2D eigenvalue weighted by atomic mass is 10.2. The molecule has 4 nitrogen and oxygen atoms in total. The lowest BCUT2D eigenvalue weighted by molar-refractivity contribution is 0.285. The quantitative estimate of drug-likeness (QED) is 0.333. The molecule has 0 amide bonds. The molecule has 0 atom stereocenters. The van der Waals surface area contributed by atoms with E-state index in [0.29, 0.717) is 17.4 Å². The summed E-state index contributed by atoms with van der Waals surface area (Å²) in [6.45, 7) is 2.91. The number of anilines is 1. The summed E-state index contributed by atoms with van der Waals surface area (Å²) in [4.78, 5) is 0. The number of unbranched alkanes of at least 4 members (excludes halogenated alkanes) is 3. The fourth-order valence-electron chi connectivity index (χ4n) is 2.30. The Morgan fingerprint density at radius 2 is 1.84 bits per heavy atom. The normalized spacial score (nSPS) is 10.8. The van der Waals surface area contributed by atoms with Crippen molar-refractivity contribution in [2.45, 2.75) is 32.6 Å². The molecule has 0 aliphatic rings. The third-order valence-electron chi connectivity index (χ3n) is 3.69. The number of rotatable bonds is 10. The minimum atomic E-state index is 0.699. The zero-order valence-corrected chi connectivity index (χ0v) is 15.6. The van der Waals surface area contributed by atoms with Gasteiger partial charge in [0.25, 0.3) is 0 Å². The molecule has 0 unspecified atom stereocenters. The molecule has 0 radical (unpaired) electrons. The van der Waals surface area contributed by atoms with Gasteiger partial charge in [-0.3, -0.25) is 5.43 Å². The zero-order chi connectivity index (χ0) is 17.9. The molecule has 0 fully saturated rings. The van der Waals surface area contributed by atoms with Gasteiger partial charge >= 0.3 is 0 Å². The highest BCUT2D eigenvalue weighted by Gasteiger charge is 2.05. The van der Waals surface area contributed by atoms with Gasteiger partial charge in [-0.25, -0.2) is 0 Å². The topological polar surface area (TPSA) is 42.8 Å². The Balaban J connectivity index is 1.90. The van der Waals surface area contributed by atoms with E-state index in [1.165, 1.54) is 19.3 Å². The molecule has 1 N–H and O–H groups in total. The van der Waals surface area contributed by atoms with E-state index < -0.39 is 0 Å². The van der Waals surface area contributed by atoms with Gasteiger partial charge in [-0.15, -0.1) is 0 Å². The van der Waals surface area contributed by atoms with Crippen LogP contribution in [-0.4, -0.2) is 19.9 Å². The van der Waals surface area contributed by atoms with Crippen LogP contribution in [-0.2, 0) is 0 Å². The summed E-state index contributed by atoms with van der Waals surface area (Å²) in [6.07, 6.45) is 6.46. The molecule has 2 aromatic rings. The predicted molar refractivity (Wildman–Crippen MR) is 105 cm³/mol. The van der Waals surface area contributed by atoms with Crippen molar-refractivity contribution in [2.24, 2.45) is 5.10 Å². The van der Waals surface area contributed by atoms with Gasteiger partial charge in [0.15, 0.2) is 11.5 Å². The van der Waals surface area contributed by atoms with Gasteiger partial charge in [-0.05, 0) is 54.4 Å². The van der Waals surface area contributed by atoms with Crippen LogP contribution in [0.3, 0.4) is 0 Å². The highest BCUT2D eigenvalue weighted by molar-refractivity contribution is 6.30. The highest BCUT2D eigenvalue weighted by atomic mass is 35.5. The third kappa shape index (κ3) is 6.67. The number of hydrogen-bond acceptors (Lipinski definition) is 4. The number of hydrazone groups is 1. The van der Waals surface area contributed by atoms with Gasteiger partial charge in [0.2, 0.25) is 0 Å². The Labute approximate surface area is 154 Å². The van der Waals surface area contributed by atoms with Gasteiger partial charge in [-0.1, -0.05) is 37.8 Å². The highest BCUT2D eigenvalue weighted by Crippen LogP contribution is 2.27. The van der Waals surface area contributed by atoms with E-state index in [4.69, 9.17) is 21.1 Å². The van der Waals surface area contributed by atoms with Crippen molar-refractivity contribution in [1.29, 1.82) is 0 Å². The molecule has 2 aromatic carbocycles. The number of halogens is 1. The monoisotopic (exact) mass is 360 g/mol. The van der Waals surface area contributed by atoms with E-state index in [0.717, 1.165) is 23.4 Å². The molecule has 0 aromatic heterocycles. The molecule has 0 heterocycles. The molecular weight excluding hydrogens is 336 g/mol. The molecule has 2 rings (SSSR count). The van der Waals surface area contributed by atoms with Crippen LogP contribution in [0.5, 0.6) is 11.5 Å². The van der Waals surface area contributed by atoms with Crippen LogP contribution >= 0.6 is 11.6 Å². The maximum Gasteiger partial charge on any atom is 0.161 e. The minimum Gasteiger partial charge on any atom is -0.493 e. The number of ether oxygens (including phenoxy) is 2. The Morgan fingerprint density at radius 1 is 1.04 bits per heavy atom. The van der Waals surface area contributed by atoms with Crippen LogP contribution < -0.4 is 14.9 Å². The minimum absolute atomic E-state index is 0.699. The first-order valence-electron chi connectivity index (χ1n) is 8.58. The molecule has 134 valence electrons. The lowest BCUT2D eigenvalue weighted by Crippen LogP contribution is -2.00. The van der Waals surface area contributed by atoms with Crippen molar-refractivity contribution in [3.05, 3.63) is 53.1 Å². The van der Waals surface area contributed by atoms with Gasteiger partial charge in [-0.2, -0.15) is 5.10 Å². The second kappa shape index (κ2) is 10.6. The second-order valence-electron chi connectivity index (χ2n) is 5.70. The van der Waals surface area contributed by atoms with Gasteiger partial charge in [0.05, 0.1) is 25.6 Å². The summed E-state index contributed by atoms with van der Waals surface area (Å²) in [7, 11) is 1.64. The lowest BCUT2D eigenvalue weighted by Gasteiger charge is -2.11. The SMILES string of the molecule is CCCCCCOc1ccc(/C=N/Nc2ccc(Cl)cc2)cc1OC. The Kier molecular flexibility index (Phi) is 8.13. The molecule has 0 bridgehead atoms. The van der Waals surface area contributed by atoms with Crippen molar-refractivity contribution < 1.29 is 9.47 Å². The summed E-state index contributed by atoms with van der Waals surface area (Å²) < 4.78 is 11.2. The van der Waals surface area contributed by atoms with Crippen LogP contribution in [0, 0.1) is 0 Å². The average Bonchev–Trinajstić information content (AvgIpc) is 2.64.